The quantitative estimate of drug-likeness (QED) is 0.284. The maximum absolute atomic E-state index is 5.56. The zero-order valence-electron chi connectivity index (χ0n) is 19.1. The van der Waals surface area contributed by atoms with Gasteiger partial charge in [-0.25, -0.2) is 0 Å². The van der Waals surface area contributed by atoms with Crippen molar-refractivity contribution in [1.82, 2.24) is 0 Å². The van der Waals surface area contributed by atoms with Crippen molar-refractivity contribution in [2.75, 3.05) is 7.11 Å². The van der Waals surface area contributed by atoms with E-state index >= 15 is 0 Å². The molecule has 0 atom stereocenters. The summed E-state index contributed by atoms with van der Waals surface area (Å²) in [5.41, 5.74) is 2.96. The van der Waals surface area contributed by atoms with Crippen LogP contribution in [0.4, 0.5) is 0 Å². The van der Waals surface area contributed by atoms with Gasteiger partial charge in [-0.3, -0.25) is 0 Å². The lowest BCUT2D eigenvalue weighted by Crippen LogP contribution is -2.14. The van der Waals surface area contributed by atoms with Crippen LogP contribution < -0.4 is 4.74 Å². The molecular weight excluding hydrogens is 352 g/mol. The van der Waals surface area contributed by atoms with Crippen LogP contribution in [0, 0.1) is 17.8 Å². The first-order valence-corrected chi connectivity index (χ1v) is 12.5. The molecule has 0 heterocycles. The Labute approximate surface area is 180 Å². The highest BCUT2D eigenvalue weighted by atomic mass is 16.5. The van der Waals surface area contributed by atoms with E-state index in [0.717, 1.165) is 35.8 Å². The Morgan fingerprint density at radius 3 is 2.10 bits per heavy atom. The summed E-state index contributed by atoms with van der Waals surface area (Å²) >= 11 is 0. The van der Waals surface area contributed by atoms with Gasteiger partial charge in [0.1, 0.15) is 5.75 Å². The van der Waals surface area contributed by atoms with E-state index in [-0.39, 0.29) is 0 Å². The lowest BCUT2D eigenvalue weighted by atomic mass is 9.76. The van der Waals surface area contributed by atoms with E-state index in [1.807, 2.05) is 0 Å². The summed E-state index contributed by atoms with van der Waals surface area (Å²) in [6.07, 6.45) is 21.7. The molecule has 2 saturated carbocycles. The Hall–Kier alpha value is -1.24. The fourth-order valence-corrected chi connectivity index (χ4v) is 5.88. The number of allylic oxidation sites excluding steroid dienone is 1. The summed E-state index contributed by atoms with van der Waals surface area (Å²) in [5, 5.41) is 0. The largest absolute Gasteiger partial charge is 0.496 e. The van der Waals surface area contributed by atoms with E-state index < -0.39 is 0 Å². The van der Waals surface area contributed by atoms with Gasteiger partial charge in [0, 0.05) is 0 Å². The molecule has 0 aromatic heterocycles. The SMILES string of the molecule is C=C[C@H]1CC[C@H](CCCCC2CCC(c3ccc(OC)c(CCC)c3)CC2)CC1. The first-order chi connectivity index (χ1) is 14.2. The van der Waals surface area contributed by atoms with Crippen LogP contribution in [-0.4, -0.2) is 7.11 Å². The Morgan fingerprint density at radius 2 is 1.55 bits per heavy atom. The van der Waals surface area contributed by atoms with Gasteiger partial charge in [0.05, 0.1) is 7.11 Å². The van der Waals surface area contributed by atoms with Gasteiger partial charge in [0.15, 0.2) is 0 Å². The fourth-order valence-electron chi connectivity index (χ4n) is 5.88. The molecule has 1 aromatic rings. The fraction of sp³-hybridized carbons (Fsp3) is 0.714. The molecule has 0 unspecified atom stereocenters. The third-order valence-electron chi connectivity index (χ3n) is 7.84. The average molecular weight is 397 g/mol. The summed E-state index contributed by atoms with van der Waals surface area (Å²) in [6, 6.07) is 6.97. The molecule has 0 radical (unpaired) electrons. The number of aryl methyl sites for hydroxylation is 1. The van der Waals surface area contributed by atoms with Gasteiger partial charge >= 0.3 is 0 Å². The molecule has 1 nitrogen and oxygen atoms in total. The van der Waals surface area contributed by atoms with Crippen LogP contribution in [0.5, 0.6) is 5.75 Å². The maximum atomic E-state index is 5.56. The summed E-state index contributed by atoms with van der Waals surface area (Å²) in [5.74, 6) is 4.64. The van der Waals surface area contributed by atoms with Crippen molar-refractivity contribution in [3.63, 3.8) is 0 Å². The van der Waals surface area contributed by atoms with Crippen LogP contribution >= 0.6 is 0 Å². The molecule has 0 bridgehead atoms. The Bertz CT molecular complexity index is 603. The molecule has 3 rings (SSSR count). The Morgan fingerprint density at radius 1 is 0.931 bits per heavy atom. The highest BCUT2D eigenvalue weighted by molar-refractivity contribution is 5.39. The molecule has 0 aliphatic heterocycles. The van der Waals surface area contributed by atoms with Crippen LogP contribution in [0.2, 0.25) is 0 Å². The average Bonchev–Trinajstić information content (AvgIpc) is 2.78. The first-order valence-electron chi connectivity index (χ1n) is 12.5. The van der Waals surface area contributed by atoms with Crippen LogP contribution in [0.1, 0.15) is 107 Å². The minimum atomic E-state index is 0.771. The van der Waals surface area contributed by atoms with Crippen molar-refractivity contribution in [3.8, 4) is 5.75 Å². The van der Waals surface area contributed by atoms with Gasteiger partial charge < -0.3 is 4.74 Å². The van der Waals surface area contributed by atoms with Crippen LogP contribution in [0.25, 0.3) is 0 Å². The highest BCUT2D eigenvalue weighted by Crippen LogP contribution is 2.39. The third-order valence-corrected chi connectivity index (χ3v) is 7.84. The lowest BCUT2D eigenvalue weighted by Gasteiger charge is -2.30. The zero-order chi connectivity index (χ0) is 20.5. The van der Waals surface area contributed by atoms with Crippen LogP contribution in [0.3, 0.4) is 0 Å². The molecule has 0 spiro atoms. The van der Waals surface area contributed by atoms with E-state index in [9.17, 15) is 0 Å². The predicted octanol–water partition coefficient (Wildman–Crippen LogP) is 8.47. The van der Waals surface area contributed by atoms with Gasteiger partial charge in [0.25, 0.3) is 0 Å². The van der Waals surface area contributed by atoms with Gasteiger partial charge in [0.2, 0.25) is 0 Å². The molecule has 162 valence electrons. The number of hydrogen-bond donors (Lipinski definition) is 0. The molecular formula is C28H44O. The van der Waals surface area contributed by atoms with Crippen LogP contribution in [0.15, 0.2) is 30.9 Å². The van der Waals surface area contributed by atoms with E-state index in [0.29, 0.717) is 0 Å². The number of unbranched alkanes of at least 4 members (excludes halogenated alkanes) is 1. The molecule has 0 saturated heterocycles. The van der Waals surface area contributed by atoms with Crippen molar-refractivity contribution in [3.05, 3.63) is 42.0 Å². The molecule has 2 aliphatic rings. The minimum absolute atomic E-state index is 0.771. The summed E-state index contributed by atoms with van der Waals surface area (Å²) in [6.45, 7) is 6.23. The van der Waals surface area contributed by atoms with Crippen molar-refractivity contribution in [2.24, 2.45) is 17.8 Å². The summed E-state index contributed by atoms with van der Waals surface area (Å²) in [7, 11) is 1.80. The standard InChI is InChI=1S/C28H44O/c1-4-8-27-21-26(19-20-28(27)29-3)25-17-15-24(16-18-25)10-7-6-9-23-13-11-22(5-2)12-14-23/h5,19-25H,2,4,6-18H2,1,3H3/t22-,23-,24?,25?. The van der Waals surface area contributed by atoms with Crippen molar-refractivity contribution in [2.45, 2.75) is 103 Å². The number of methoxy groups -OCH3 is 1. The predicted molar refractivity (Wildman–Crippen MR) is 126 cm³/mol. The van der Waals surface area contributed by atoms with Gasteiger partial charge in [-0.2, -0.15) is 0 Å². The second kappa shape index (κ2) is 11.8. The normalized spacial score (nSPS) is 27.5. The van der Waals surface area contributed by atoms with Gasteiger partial charge in [-0.1, -0.05) is 57.2 Å². The number of benzene rings is 1. The van der Waals surface area contributed by atoms with Crippen molar-refractivity contribution < 1.29 is 4.74 Å². The van der Waals surface area contributed by atoms with E-state index in [2.05, 4.69) is 37.8 Å². The second-order valence-electron chi connectivity index (χ2n) is 9.84. The molecule has 1 aromatic carbocycles. The number of hydrogen-bond acceptors (Lipinski definition) is 1. The Kier molecular flexibility index (Phi) is 9.15. The van der Waals surface area contributed by atoms with E-state index in [1.165, 1.54) is 89.0 Å². The second-order valence-corrected chi connectivity index (χ2v) is 9.84. The monoisotopic (exact) mass is 396 g/mol. The zero-order valence-corrected chi connectivity index (χ0v) is 19.1. The first kappa shape index (κ1) is 22.4. The minimum Gasteiger partial charge on any atom is -0.496 e. The number of rotatable bonds is 10. The topological polar surface area (TPSA) is 9.23 Å². The van der Waals surface area contributed by atoms with Crippen molar-refractivity contribution in [1.29, 1.82) is 0 Å². The molecule has 2 fully saturated rings. The van der Waals surface area contributed by atoms with Crippen molar-refractivity contribution >= 4 is 0 Å². The van der Waals surface area contributed by atoms with Crippen LogP contribution in [-0.2, 0) is 6.42 Å². The van der Waals surface area contributed by atoms with E-state index in [1.54, 1.807) is 12.7 Å². The van der Waals surface area contributed by atoms with E-state index in [4.69, 9.17) is 4.74 Å². The summed E-state index contributed by atoms with van der Waals surface area (Å²) in [4.78, 5) is 0. The molecule has 0 N–H and O–H groups in total. The van der Waals surface area contributed by atoms with Gasteiger partial charge in [-0.15, -0.1) is 6.58 Å². The molecule has 0 amide bonds. The maximum Gasteiger partial charge on any atom is 0.122 e. The molecule has 29 heavy (non-hydrogen) atoms. The van der Waals surface area contributed by atoms with Gasteiger partial charge in [-0.05, 0) is 98.7 Å². The smallest absolute Gasteiger partial charge is 0.122 e. The highest BCUT2D eigenvalue weighted by Gasteiger charge is 2.23. The summed E-state index contributed by atoms with van der Waals surface area (Å²) < 4.78 is 5.56. The number of ether oxygens (including phenoxy) is 1. The molecule has 2 aliphatic carbocycles. The lowest BCUT2D eigenvalue weighted by molar-refractivity contribution is 0.274. The Balaban J connectivity index is 1.35. The third kappa shape index (κ3) is 6.63. The molecule has 1 heteroatoms.